The molecule has 0 aliphatic carbocycles. The number of ether oxygens (including phenoxy) is 1. The van der Waals surface area contributed by atoms with Crippen LogP contribution in [0.15, 0.2) is 24.3 Å². The molecular formula is C15H26N2O+2. The van der Waals surface area contributed by atoms with E-state index in [-0.39, 0.29) is 0 Å². The number of hydrogen-bond acceptors (Lipinski definition) is 1. The molecule has 0 saturated carbocycles. The molecule has 3 nitrogen and oxygen atoms in total. The Morgan fingerprint density at radius 3 is 2.89 bits per heavy atom. The molecule has 3 N–H and O–H groups in total. The maximum Gasteiger partial charge on any atom is 0.101 e. The fourth-order valence-corrected chi connectivity index (χ4v) is 2.51. The second-order valence-corrected chi connectivity index (χ2v) is 5.24. The fourth-order valence-electron chi connectivity index (χ4n) is 2.51. The molecule has 3 heteroatoms. The van der Waals surface area contributed by atoms with Crippen LogP contribution in [-0.2, 0) is 11.3 Å². The van der Waals surface area contributed by atoms with Crippen LogP contribution in [0.4, 0.5) is 0 Å². The van der Waals surface area contributed by atoms with Gasteiger partial charge in [0.2, 0.25) is 0 Å². The summed E-state index contributed by atoms with van der Waals surface area (Å²) in [5.74, 6) is 0. The molecule has 1 aromatic rings. The third-order valence-electron chi connectivity index (χ3n) is 3.60. The van der Waals surface area contributed by atoms with Crippen LogP contribution < -0.4 is 10.2 Å². The lowest BCUT2D eigenvalue weighted by Gasteiger charge is -2.23. The topological polar surface area (TPSA) is 30.3 Å². The molecule has 1 fully saturated rings. The van der Waals surface area contributed by atoms with Crippen molar-refractivity contribution in [1.29, 1.82) is 0 Å². The summed E-state index contributed by atoms with van der Waals surface area (Å²) in [6.45, 7) is 10.1. The van der Waals surface area contributed by atoms with E-state index in [0.717, 1.165) is 19.8 Å². The van der Waals surface area contributed by atoms with Gasteiger partial charge >= 0.3 is 0 Å². The predicted octanol–water partition coefficient (Wildman–Crippen LogP) is -0.636. The van der Waals surface area contributed by atoms with Crippen LogP contribution in [-0.4, -0.2) is 39.4 Å². The quantitative estimate of drug-likeness (QED) is 0.647. The highest BCUT2D eigenvalue weighted by Gasteiger charge is 2.12. The molecule has 0 bridgehead atoms. The van der Waals surface area contributed by atoms with Gasteiger partial charge in [0.15, 0.2) is 0 Å². The van der Waals surface area contributed by atoms with E-state index in [0.29, 0.717) is 0 Å². The van der Waals surface area contributed by atoms with Gasteiger partial charge in [0.05, 0.1) is 26.3 Å². The zero-order valence-corrected chi connectivity index (χ0v) is 11.5. The molecule has 1 heterocycles. The van der Waals surface area contributed by atoms with Gasteiger partial charge in [-0.2, -0.15) is 0 Å². The minimum atomic E-state index is 0.947. The average Bonchev–Trinajstić information content (AvgIpc) is 2.40. The number of rotatable bonds is 6. The first-order valence-electron chi connectivity index (χ1n) is 7.13. The zero-order chi connectivity index (χ0) is 12.6. The Morgan fingerprint density at radius 2 is 2.11 bits per heavy atom. The third-order valence-corrected chi connectivity index (χ3v) is 3.60. The van der Waals surface area contributed by atoms with Crippen LogP contribution in [0.5, 0.6) is 0 Å². The summed E-state index contributed by atoms with van der Waals surface area (Å²) in [5.41, 5.74) is 2.80. The Hall–Kier alpha value is -0.900. The third kappa shape index (κ3) is 4.77. The highest BCUT2D eigenvalue weighted by molar-refractivity contribution is 5.21. The predicted molar refractivity (Wildman–Crippen MR) is 72.7 cm³/mol. The molecule has 18 heavy (non-hydrogen) atoms. The molecule has 0 spiro atoms. The highest BCUT2D eigenvalue weighted by Crippen LogP contribution is 2.01. The van der Waals surface area contributed by atoms with E-state index in [9.17, 15) is 0 Å². The van der Waals surface area contributed by atoms with Crippen molar-refractivity contribution in [1.82, 2.24) is 0 Å². The molecule has 0 aromatic heterocycles. The van der Waals surface area contributed by atoms with E-state index >= 15 is 0 Å². The Bertz CT molecular complexity index is 348. The van der Waals surface area contributed by atoms with Crippen molar-refractivity contribution in [2.24, 2.45) is 0 Å². The number of nitrogens with two attached hydrogens (primary N) is 1. The van der Waals surface area contributed by atoms with Gasteiger partial charge in [-0.15, -0.1) is 0 Å². The van der Waals surface area contributed by atoms with Crippen molar-refractivity contribution in [2.75, 3.05) is 39.4 Å². The molecular weight excluding hydrogens is 224 g/mol. The normalized spacial score (nSPS) is 16.9. The fraction of sp³-hybridized carbons (Fsp3) is 0.600. The summed E-state index contributed by atoms with van der Waals surface area (Å²) in [6, 6.07) is 8.81. The Morgan fingerprint density at radius 1 is 1.28 bits per heavy atom. The van der Waals surface area contributed by atoms with E-state index in [1.54, 1.807) is 4.90 Å². The number of aryl methyl sites for hydroxylation is 1. The standard InChI is InChI=1S/C15H24N2O/c1-14-4-2-5-15(12-14)13-16-6-3-7-17-8-10-18-11-9-17/h2,4-5,12,16H,3,6-11,13H2,1H3/p+2. The Labute approximate surface area is 110 Å². The maximum absolute atomic E-state index is 5.37. The molecule has 1 aliphatic rings. The lowest BCUT2D eigenvalue weighted by molar-refractivity contribution is -0.909. The van der Waals surface area contributed by atoms with Gasteiger partial charge in [0.1, 0.15) is 19.6 Å². The number of morpholine rings is 1. The molecule has 2 rings (SSSR count). The molecule has 1 saturated heterocycles. The Balaban J connectivity index is 1.55. The van der Waals surface area contributed by atoms with Crippen LogP contribution in [0.25, 0.3) is 0 Å². The summed E-state index contributed by atoms with van der Waals surface area (Å²) in [5, 5.41) is 2.43. The average molecular weight is 250 g/mol. The number of benzene rings is 1. The number of quaternary nitrogens is 2. The van der Waals surface area contributed by atoms with Crippen molar-refractivity contribution < 1.29 is 15.0 Å². The van der Waals surface area contributed by atoms with Crippen molar-refractivity contribution in [2.45, 2.75) is 19.9 Å². The van der Waals surface area contributed by atoms with Crippen LogP contribution in [0.1, 0.15) is 17.5 Å². The summed E-state index contributed by atoms with van der Waals surface area (Å²) in [7, 11) is 0. The molecule has 0 amide bonds. The Kier molecular flexibility index (Phi) is 5.65. The summed E-state index contributed by atoms with van der Waals surface area (Å²) in [6.07, 6.45) is 1.31. The smallest absolute Gasteiger partial charge is 0.101 e. The molecule has 0 unspecified atom stereocenters. The van der Waals surface area contributed by atoms with E-state index < -0.39 is 0 Å². The molecule has 1 aromatic carbocycles. The second kappa shape index (κ2) is 7.52. The molecule has 0 radical (unpaired) electrons. The van der Waals surface area contributed by atoms with Crippen LogP contribution in [0.3, 0.4) is 0 Å². The van der Waals surface area contributed by atoms with Crippen LogP contribution in [0, 0.1) is 6.92 Å². The second-order valence-electron chi connectivity index (χ2n) is 5.24. The minimum Gasteiger partial charge on any atom is -0.370 e. The summed E-state index contributed by atoms with van der Waals surface area (Å²) >= 11 is 0. The SMILES string of the molecule is Cc1cccc(C[NH2+]CCC[NH+]2CCOCC2)c1. The molecule has 1 aliphatic heterocycles. The van der Waals surface area contributed by atoms with Gasteiger partial charge in [-0.05, 0) is 6.92 Å². The van der Waals surface area contributed by atoms with E-state index in [4.69, 9.17) is 4.74 Å². The van der Waals surface area contributed by atoms with Gasteiger partial charge in [0, 0.05) is 12.0 Å². The first-order chi connectivity index (χ1) is 8.84. The van der Waals surface area contributed by atoms with E-state index in [1.807, 2.05) is 0 Å². The monoisotopic (exact) mass is 250 g/mol. The van der Waals surface area contributed by atoms with E-state index in [2.05, 4.69) is 36.5 Å². The summed E-state index contributed by atoms with van der Waals surface area (Å²) < 4.78 is 5.37. The van der Waals surface area contributed by atoms with Gasteiger partial charge < -0.3 is 15.0 Å². The summed E-state index contributed by atoms with van der Waals surface area (Å²) in [4.78, 5) is 1.71. The van der Waals surface area contributed by atoms with Crippen molar-refractivity contribution >= 4 is 0 Å². The van der Waals surface area contributed by atoms with E-state index in [1.165, 1.54) is 43.7 Å². The van der Waals surface area contributed by atoms with Crippen LogP contribution in [0.2, 0.25) is 0 Å². The minimum absolute atomic E-state index is 0.947. The number of nitrogens with one attached hydrogen (secondary N) is 1. The number of hydrogen-bond donors (Lipinski definition) is 2. The molecule has 100 valence electrons. The van der Waals surface area contributed by atoms with Crippen molar-refractivity contribution in [3.63, 3.8) is 0 Å². The van der Waals surface area contributed by atoms with Crippen molar-refractivity contribution in [3.8, 4) is 0 Å². The lowest BCUT2D eigenvalue weighted by Crippen LogP contribution is -3.14. The van der Waals surface area contributed by atoms with Crippen LogP contribution >= 0.6 is 0 Å². The van der Waals surface area contributed by atoms with Crippen molar-refractivity contribution in [3.05, 3.63) is 35.4 Å². The first kappa shape index (κ1) is 13.5. The maximum atomic E-state index is 5.37. The first-order valence-corrected chi connectivity index (χ1v) is 7.13. The largest absolute Gasteiger partial charge is 0.370 e. The van der Waals surface area contributed by atoms with Gasteiger partial charge in [-0.25, -0.2) is 0 Å². The van der Waals surface area contributed by atoms with Gasteiger partial charge in [-0.3, -0.25) is 0 Å². The van der Waals surface area contributed by atoms with Gasteiger partial charge in [0.25, 0.3) is 0 Å². The molecule has 0 atom stereocenters. The zero-order valence-electron chi connectivity index (χ0n) is 11.5. The van der Waals surface area contributed by atoms with Gasteiger partial charge in [-0.1, -0.05) is 29.8 Å². The highest BCUT2D eigenvalue weighted by atomic mass is 16.5. The lowest BCUT2D eigenvalue weighted by atomic mass is 10.1.